The van der Waals surface area contributed by atoms with E-state index in [1.54, 1.807) is 0 Å². The Kier molecular flexibility index (Phi) is 3.66. The molecular formula is C12H17F3N2O. The molecule has 2 rings (SSSR count). The zero-order valence-corrected chi connectivity index (χ0v) is 10.5. The molecule has 0 radical (unpaired) electrons. The highest BCUT2D eigenvalue weighted by Gasteiger charge is 2.28. The quantitative estimate of drug-likeness (QED) is 0.908. The summed E-state index contributed by atoms with van der Waals surface area (Å²) in [6, 6.07) is 0. The predicted molar refractivity (Wildman–Crippen MR) is 60.2 cm³/mol. The van der Waals surface area contributed by atoms with Crippen molar-refractivity contribution in [3.63, 3.8) is 0 Å². The number of fused-ring (bicyclic) bond motifs is 1. The normalized spacial score (nSPS) is 24.1. The minimum Gasteiger partial charge on any atom is -0.364 e. The van der Waals surface area contributed by atoms with Crippen molar-refractivity contribution >= 4 is 0 Å². The van der Waals surface area contributed by atoms with E-state index in [2.05, 4.69) is 28.6 Å². The van der Waals surface area contributed by atoms with Crippen LogP contribution in [0.2, 0.25) is 0 Å². The third-order valence-corrected chi connectivity index (χ3v) is 3.14. The summed E-state index contributed by atoms with van der Waals surface area (Å²) in [5.41, 5.74) is 2.03. The van der Waals surface area contributed by atoms with Gasteiger partial charge in [0.2, 0.25) is 0 Å². The maximum atomic E-state index is 11.9. The van der Waals surface area contributed by atoms with E-state index >= 15 is 0 Å². The second kappa shape index (κ2) is 4.91. The molecule has 0 spiro atoms. The molecule has 2 atom stereocenters. The Morgan fingerprint density at radius 2 is 2.11 bits per heavy atom. The minimum absolute atomic E-state index is 0.117. The van der Waals surface area contributed by atoms with Crippen molar-refractivity contribution in [2.75, 3.05) is 6.61 Å². The Morgan fingerprint density at radius 3 is 2.78 bits per heavy atom. The molecule has 0 aromatic carbocycles. The highest BCUT2D eigenvalue weighted by Crippen LogP contribution is 2.32. The molecule has 0 amide bonds. The fourth-order valence-electron chi connectivity index (χ4n) is 2.52. The van der Waals surface area contributed by atoms with Gasteiger partial charge >= 0.3 is 6.18 Å². The number of rotatable bonds is 3. The Hall–Kier alpha value is -1.04. The number of imidazole rings is 1. The zero-order valence-electron chi connectivity index (χ0n) is 10.5. The topological polar surface area (TPSA) is 37.9 Å². The second-order valence-electron chi connectivity index (χ2n) is 5.10. The summed E-state index contributed by atoms with van der Waals surface area (Å²) < 4.78 is 40.4. The summed E-state index contributed by atoms with van der Waals surface area (Å²) in [5.74, 6) is 1.43. The van der Waals surface area contributed by atoms with Crippen LogP contribution in [-0.2, 0) is 17.8 Å². The Morgan fingerprint density at radius 1 is 1.39 bits per heavy atom. The van der Waals surface area contributed by atoms with Gasteiger partial charge in [0.05, 0.1) is 5.69 Å². The van der Waals surface area contributed by atoms with Crippen LogP contribution in [0.3, 0.4) is 0 Å². The fourth-order valence-corrected chi connectivity index (χ4v) is 2.52. The van der Waals surface area contributed by atoms with Crippen molar-refractivity contribution in [2.24, 2.45) is 5.92 Å². The van der Waals surface area contributed by atoms with E-state index in [0.29, 0.717) is 17.7 Å². The minimum atomic E-state index is -4.28. The lowest BCUT2D eigenvalue weighted by atomic mass is 9.84. The molecule has 0 saturated heterocycles. The van der Waals surface area contributed by atoms with Gasteiger partial charge in [0.25, 0.3) is 0 Å². The van der Waals surface area contributed by atoms with E-state index in [4.69, 9.17) is 0 Å². The number of alkyl halides is 3. The number of aromatic amines is 1. The zero-order chi connectivity index (χ0) is 13.3. The number of nitrogens with zero attached hydrogens (tertiary/aromatic N) is 1. The number of nitrogens with one attached hydrogen (secondary N) is 1. The summed E-state index contributed by atoms with van der Waals surface area (Å²) >= 11 is 0. The van der Waals surface area contributed by atoms with E-state index in [1.807, 2.05) is 0 Å². The number of H-pyrrole nitrogens is 1. The van der Waals surface area contributed by atoms with Gasteiger partial charge in [-0.25, -0.2) is 4.98 Å². The summed E-state index contributed by atoms with van der Waals surface area (Å²) in [5, 5.41) is 0. The second-order valence-corrected chi connectivity index (χ2v) is 5.10. The monoisotopic (exact) mass is 262 g/mol. The van der Waals surface area contributed by atoms with Crippen LogP contribution in [0.25, 0.3) is 0 Å². The maximum absolute atomic E-state index is 11.9. The molecular weight excluding hydrogens is 245 g/mol. The predicted octanol–water partition coefficient (Wildman–Crippen LogP) is 3.17. The Bertz CT molecular complexity index is 414. The third-order valence-electron chi connectivity index (χ3n) is 3.14. The molecule has 6 heteroatoms. The number of halogens is 3. The highest BCUT2D eigenvalue weighted by atomic mass is 19.4. The van der Waals surface area contributed by atoms with Crippen molar-refractivity contribution in [1.29, 1.82) is 0 Å². The molecule has 102 valence electrons. The summed E-state index contributed by atoms with van der Waals surface area (Å²) in [7, 11) is 0. The molecule has 2 unspecified atom stereocenters. The van der Waals surface area contributed by atoms with Crippen LogP contribution in [0.1, 0.15) is 43.4 Å². The standard InChI is InChI=1S/C12H17F3N2O/c1-7-3-8(2)11-9(4-7)16-10(17-11)5-18-6-12(13,14)15/h7-8H,3-6H2,1-2H3,(H,16,17). The average molecular weight is 262 g/mol. The molecule has 0 saturated carbocycles. The van der Waals surface area contributed by atoms with Gasteiger partial charge in [-0.3, -0.25) is 0 Å². The molecule has 1 heterocycles. The van der Waals surface area contributed by atoms with Crippen molar-refractivity contribution in [3.8, 4) is 0 Å². The molecule has 1 aromatic heterocycles. The summed E-state index contributed by atoms with van der Waals surface area (Å²) in [6.07, 6.45) is -2.30. The van der Waals surface area contributed by atoms with E-state index < -0.39 is 12.8 Å². The first-order chi connectivity index (χ1) is 8.35. The average Bonchev–Trinajstić information content (AvgIpc) is 2.58. The van der Waals surface area contributed by atoms with Crippen molar-refractivity contribution in [1.82, 2.24) is 9.97 Å². The molecule has 1 aliphatic rings. The Balaban J connectivity index is 1.98. The van der Waals surface area contributed by atoms with Gasteiger partial charge in [-0.15, -0.1) is 0 Å². The van der Waals surface area contributed by atoms with Crippen LogP contribution in [-0.4, -0.2) is 22.8 Å². The largest absolute Gasteiger partial charge is 0.411 e. The maximum Gasteiger partial charge on any atom is 0.411 e. The first-order valence-corrected chi connectivity index (χ1v) is 6.07. The first kappa shape index (κ1) is 13.4. The first-order valence-electron chi connectivity index (χ1n) is 6.07. The van der Waals surface area contributed by atoms with Crippen LogP contribution < -0.4 is 0 Å². The molecule has 18 heavy (non-hydrogen) atoms. The number of ether oxygens (including phenoxy) is 1. The summed E-state index contributed by atoms with van der Waals surface area (Å²) in [4.78, 5) is 7.42. The molecule has 1 aromatic rings. The molecule has 0 bridgehead atoms. The third kappa shape index (κ3) is 3.25. The molecule has 0 aliphatic heterocycles. The van der Waals surface area contributed by atoms with Crippen LogP contribution in [0, 0.1) is 5.92 Å². The molecule has 1 N–H and O–H groups in total. The van der Waals surface area contributed by atoms with E-state index in [-0.39, 0.29) is 6.61 Å². The van der Waals surface area contributed by atoms with E-state index in [0.717, 1.165) is 24.2 Å². The smallest absolute Gasteiger partial charge is 0.364 e. The lowest BCUT2D eigenvalue weighted by molar-refractivity contribution is -0.177. The molecule has 3 nitrogen and oxygen atoms in total. The van der Waals surface area contributed by atoms with Gasteiger partial charge in [0, 0.05) is 11.6 Å². The van der Waals surface area contributed by atoms with Crippen LogP contribution >= 0.6 is 0 Å². The van der Waals surface area contributed by atoms with Gasteiger partial charge in [-0.05, 0) is 18.8 Å². The van der Waals surface area contributed by atoms with E-state index in [9.17, 15) is 13.2 Å². The van der Waals surface area contributed by atoms with Crippen LogP contribution in [0.5, 0.6) is 0 Å². The molecule has 1 aliphatic carbocycles. The molecule has 0 fully saturated rings. The highest BCUT2D eigenvalue weighted by molar-refractivity contribution is 5.22. The number of hydrogen-bond acceptors (Lipinski definition) is 2. The number of hydrogen-bond donors (Lipinski definition) is 1. The Labute approximate surface area is 104 Å². The van der Waals surface area contributed by atoms with Gasteiger partial charge in [0.15, 0.2) is 0 Å². The SMILES string of the molecule is CC1Cc2[nH]c(COCC(F)(F)F)nc2C(C)C1. The van der Waals surface area contributed by atoms with Crippen LogP contribution in [0.15, 0.2) is 0 Å². The van der Waals surface area contributed by atoms with Gasteiger partial charge < -0.3 is 9.72 Å². The van der Waals surface area contributed by atoms with Gasteiger partial charge in [-0.1, -0.05) is 13.8 Å². The van der Waals surface area contributed by atoms with Crippen molar-refractivity contribution in [2.45, 2.75) is 45.4 Å². The van der Waals surface area contributed by atoms with Gasteiger partial charge in [-0.2, -0.15) is 13.2 Å². The fraction of sp³-hybridized carbons (Fsp3) is 0.750. The van der Waals surface area contributed by atoms with E-state index in [1.165, 1.54) is 0 Å². The summed E-state index contributed by atoms with van der Waals surface area (Å²) in [6.45, 7) is 2.91. The van der Waals surface area contributed by atoms with Gasteiger partial charge in [0.1, 0.15) is 19.0 Å². The number of aromatic nitrogens is 2. The van der Waals surface area contributed by atoms with Crippen molar-refractivity contribution < 1.29 is 17.9 Å². The van der Waals surface area contributed by atoms with Crippen LogP contribution in [0.4, 0.5) is 13.2 Å². The van der Waals surface area contributed by atoms with Crippen molar-refractivity contribution in [3.05, 3.63) is 17.2 Å². The lowest BCUT2D eigenvalue weighted by Crippen LogP contribution is -2.17. The lowest BCUT2D eigenvalue weighted by Gasteiger charge is -2.22.